The zero-order valence-electron chi connectivity index (χ0n) is 10.0. The molecular formula is C12H11F3N2O2. The molecule has 1 aromatic carbocycles. The van der Waals surface area contributed by atoms with Crippen molar-refractivity contribution in [2.24, 2.45) is 0 Å². The Morgan fingerprint density at radius 2 is 2.05 bits per heavy atom. The Morgan fingerprint density at radius 1 is 1.32 bits per heavy atom. The Bertz CT molecular complexity index is 579. The molecule has 2 aromatic rings. The van der Waals surface area contributed by atoms with Gasteiger partial charge in [-0.3, -0.25) is 0 Å². The van der Waals surface area contributed by atoms with Gasteiger partial charge in [-0.25, -0.2) is 0 Å². The molecule has 0 fully saturated rings. The van der Waals surface area contributed by atoms with Crippen LogP contribution in [0.15, 0.2) is 22.7 Å². The highest BCUT2D eigenvalue weighted by Gasteiger charge is 2.27. The number of hydrogen-bond acceptors (Lipinski definition) is 4. The number of aromatic nitrogens is 2. The van der Waals surface area contributed by atoms with Gasteiger partial charge in [0, 0.05) is 6.42 Å². The van der Waals surface area contributed by atoms with Gasteiger partial charge >= 0.3 is 6.18 Å². The normalized spacial score (nSPS) is 11.8. The van der Waals surface area contributed by atoms with Crippen LogP contribution in [0.3, 0.4) is 0 Å². The molecule has 4 nitrogen and oxygen atoms in total. The lowest BCUT2D eigenvalue weighted by molar-refractivity contribution is -0.134. The highest BCUT2D eigenvalue weighted by molar-refractivity contribution is 5.62. The van der Waals surface area contributed by atoms with Gasteiger partial charge in [0.25, 0.3) is 5.89 Å². The van der Waals surface area contributed by atoms with Crippen molar-refractivity contribution in [3.8, 4) is 17.2 Å². The Labute approximate surface area is 106 Å². The second-order valence-electron chi connectivity index (χ2n) is 4.15. The number of phenolic OH excluding ortho intramolecular Hbond substituents is 1. The van der Waals surface area contributed by atoms with Gasteiger partial charge in [0.15, 0.2) is 5.82 Å². The van der Waals surface area contributed by atoms with Gasteiger partial charge in [-0.05, 0) is 19.1 Å². The molecule has 0 saturated carbocycles. The minimum atomic E-state index is -4.26. The highest BCUT2D eigenvalue weighted by Crippen LogP contribution is 2.29. The van der Waals surface area contributed by atoms with Crippen LogP contribution in [0.2, 0.25) is 0 Å². The van der Waals surface area contributed by atoms with Crippen LogP contribution < -0.4 is 0 Å². The second-order valence-corrected chi connectivity index (χ2v) is 4.15. The number of rotatable bonds is 3. The van der Waals surface area contributed by atoms with E-state index in [0.29, 0.717) is 5.56 Å². The molecule has 2 rings (SSSR count). The van der Waals surface area contributed by atoms with Gasteiger partial charge in [0.1, 0.15) is 5.75 Å². The van der Waals surface area contributed by atoms with Crippen molar-refractivity contribution in [2.75, 3.05) is 0 Å². The van der Waals surface area contributed by atoms with Crippen LogP contribution in [-0.4, -0.2) is 21.4 Å². The van der Waals surface area contributed by atoms with E-state index in [1.54, 1.807) is 12.1 Å². The van der Waals surface area contributed by atoms with Crippen molar-refractivity contribution < 1.29 is 22.8 Å². The van der Waals surface area contributed by atoms with E-state index in [9.17, 15) is 18.3 Å². The molecule has 0 amide bonds. The van der Waals surface area contributed by atoms with Crippen molar-refractivity contribution in [1.29, 1.82) is 0 Å². The first-order valence-corrected chi connectivity index (χ1v) is 5.54. The molecule has 102 valence electrons. The smallest absolute Gasteiger partial charge is 0.389 e. The topological polar surface area (TPSA) is 59.2 Å². The van der Waals surface area contributed by atoms with E-state index in [4.69, 9.17) is 4.52 Å². The average Bonchev–Trinajstić information content (AvgIpc) is 2.77. The Hall–Kier alpha value is -2.05. The van der Waals surface area contributed by atoms with E-state index in [-0.39, 0.29) is 23.9 Å². The molecule has 0 unspecified atom stereocenters. The van der Waals surface area contributed by atoms with E-state index < -0.39 is 12.6 Å². The molecule has 7 heteroatoms. The molecule has 0 aliphatic rings. The van der Waals surface area contributed by atoms with E-state index in [1.165, 1.54) is 6.07 Å². The monoisotopic (exact) mass is 272 g/mol. The molecule has 0 saturated heterocycles. The molecule has 1 N–H and O–H groups in total. The number of phenols is 1. The first kappa shape index (κ1) is 13.4. The maximum Gasteiger partial charge on any atom is 0.389 e. The summed E-state index contributed by atoms with van der Waals surface area (Å²) in [5.41, 5.74) is 1.17. The number of benzene rings is 1. The third kappa shape index (κ3) is 3.46. The molecular weight excluding hydrogens is 261 g/mol. The van der Waals surface area contributed by atoms with Crippen LogP contribution >= 0.6 is 0 Å². The van der Waals surface area contributed by atoms with Crippen molar-refractivity contribution >= 4 is 0 Å². The number of alkyl halides is 3. The van der Waals surface area contributed by atoms with Crippen LogP contribution in [0.4, 0.5) is 13.2 Å². The Kier molecular flexibility index (Phi) is 3.46. The third-order valence-electron chi connectivity index (χ3n) is 2.48. The van der Waals surface area contributed by atoms with Crippen molar-refractivity contribution in [3.63, 3.8) is 0 Å². The summed E-state index contributed by atoms with van der Waals surface area (Å²) >= 11 is 0. The van der Waals surface area contributed by atoms with Crippen molar-refractivity contribution in [2.45, 2.75) is 25.9 Å². The van der Waals surface area contributed by atoms with Crippen LogP contribution in [0.1, 0.15) is 17.8 Å². The molecule has 0 bridgehead atoms. The largest absolute Gasteiger partial charge is 0.507 e. The Morgan fingerprint density at radius 3 is 2.74 bits per heavy atom. The summed E-state index contributed by atoms with van der Waals surface area (Å²) in [6.45, 7) is 1.81. The first-order valence-electron chi connectivity index (χ1n) is 5.54. The van der Waals surface area contributed by atoms with E-state index in [1.807, 2.05) is 6.92 Å². The Balaban J connectivity index is 2.19. The fourth-order valence-electron chi connectivity index (χ4n) is 1.54. The molecule has 0 atom stereocenters. The summed E-state index contributed by atoms with van der Waals surface area (Å²) in [6.07, 6.45) is -5.61. The summed E-state index contributed by atoms with van der Waals surface area (Å²) in [4.78, 5) is 3.85. The standard InChI is InChI=1S/C12H11F3N2O2/c1-7-2-3-9(18)8(6-7)11-16-10(17-19-11)4-5-12(13,14)15/h2-3,6,18H,4-5H2,1H3. The molecule has 19 heavy (non-hydrogen) atoms. The predicted molar refractivity (Wildman–Crippen MR) is 60.5 cm³/mol. The number of aryl methyl sites for hydroxylation is 2. The van der Waals surface area contributed by atoms with Crippen LogP contribution in [-0.2, 0) is 6.42 Å². The van der Waals surface area contributed by atoms with Gasteiger partial charge in [-0.1, -0.05) is 16.8 Å². The van der Waals surface area contributed by atoms with Gasteiger partial charge in [-0.2, -0.15) is 18.2 Å². The highest BCUT2D eigenvalue weighted by atomic mass is 19.4. The van der Waals surface area contributed by atoms with Crippen molar-refractivity contribution in [1.82, 2.24) is 10.1 Å². The quantitative estimate of drug-likeness (QED) is 0.931. The van der Waals surface area contributed by atoms with E-state index >= 15 is 0 Å². The van der Waals surface area contributed by atoms with Gasteiger partial charge in [0.05, 0.1) is 12.0 Å². The second kappa shape index (κ2) is 4.91. The van der Waals surface area contributed by atoms with Crippen LogP contribution in [0.5, 0.6) is 5.75 Å². The predicted octanol–water partition coefficient (Wildman–Crippen LogP) is 3.25. The number of nitrogens with zero attached hydrogens (tertiary/aromatic N) is 2. The van der Waals surface area contributed by atoms with E-state index in [0.717, 1.165) is 5.56 Å². The van der Waals surface area contributed by atoms with Crippen LogP contribution in [0, 0.1) is 6.92 Å². The van der Waals surface area contributed by atoms with Gasteiger partial charge in [-0.15, -0.1) is 0 Å². The first-order chi connectivity index (χ1) is 8.85. The van der Waals surface area contributed by atoms with E-state index in [2.05, 4.69) is 10.1 Å². The molecule has 0 spiro atoms. The number of aromatic hydroxyl groups is 1. The lowest BCUT2D eigenvalue weighted by Crippen LogP contribution is -2.09. The minimum Gasteiger partial charge on any atom is -0.507 e. The zero-order valence-corrected chi connectivity index (χ0v) is 10.0. The summed E-state index contributed by atoms with van der Waals surface area (Å²) in [6, 6.07) is 4.78. The summed E-state index contributed by atoms with van der Waals surface area (Å²) in [5, 5.41) is 13.1. The molecule has 0 aliphatic heterocycles. The third-order valence-corrected chi connectivity index (χ3v) is 2.48. The minimum absolute atomic E-state index is 0.0124. The van der Waals surface area contributed by atoms with Gasteiger partial charge in [0.2, 0.25) is 0 Å². The summed E-state index contributed by atoms with van der Waals surface area (Å²) in [7, 11) is 0. The summed E-state index contributed by atoms with van der Waals surface area (Å²) in [5.74, 6) is -0.0803. The average molecular weight is 272 g/mol. The maximum absolute atomic E-state index is 12.1. The lowest BCUT2D eigenvalue weighted by atomic mass is 10.1. The number of hydrogen-bond donors (Lipinski definition) is 1. The molecule has 1 aromatic heterocycles. The van der Waals surface area contributed by atoms with Crippen molar-refractivity contribution in [3.05, 3.63) is 29.6 Å². The van der Waals surface area contributed by atoms with Gasteiger partial charge < -0.3 is 9.63 Å². The fraction of sp³-hybridized carbons (Fsp3) is 0.333. The number of halogens is 3. The SMILES string of the molecule is Cc1ccc(O)c(-c2nc(CCC(F)(F)F)no2)c1. The summed E-state index contributed by atoms with van der Waals surface area (Å²) < 4.78 is 41.0. The zero-order chi connectivity index (χ0) is 14.0. The lowest BCUT2D eigenvalue weighted by Gasteiger charge is -2.02. The molecule has 0 aliphatic carbocycles. The fourth-order valence-corrected chi connectivity index (χ4v) is 1.54. The maximum atomic E-state index is 12.1. The molecule has 0 radical (unpaired) electrons. The van der Waals surface area contributed by atoms with Crippen LogP contribution in [0.25, 0.3) is 11.5 Å². The molecule has 1 heterocycles.